The van der Waals surface area contributed by atoms with Crippen molar-refractivity contribution in [2.24, 2.45) is 46.3 Å². The standard InChI is InChI=1S/C30H51N3O2/c1-20(5-10-28(35)33-17-15-32(16-18-33)21(2)31)25-8-9-26-24-7-6-22-19-23(34)11-13-29(22,3)27(24)12-14-30(25,26)4/h20,22-27,31,34H,5-19H2,1-4H3/t20-,22+,23+,24+,25-,26+,27+,29+,30-/m1/s1. The minimum atomic E-state index is -0.0538. The molecule has 0 bridgehead atoms. The topological polar surface area (TPSA) is 67.6 Å². The maximum atomic E-state index is 13.0. The van der Waals surface area contributed by atoms with E-state index in [-0.39, 0.29) is 6.10 Å². The van der Waals surface area contributed by atoms with Gasteiger partial charge < -0.3 is 14.9 Å². The summed E-state index contributed by atoms with van der Waals surface area (Å²) in [7, 11) is 0. The van der Waals surface area contributed by atoms with Gasteiger partial charge in [-0.15, -0.1) is 0 Å². The van der Waals surface area contributed by atoms with E-state index in [0.29, 0.717) is 34.9 Å². The number of hydrogen-bond acceptors (Lipinski definition) is 3. The Labute approximate surface area is 213 Å². The van der Waals surface area contributed by atoms with E-state index in [0.717, 1.165) is 75.0 Å². The molecular formula is C30H51N3O2. The molecule has 0 aromatic rings. The van der Waals surface area contributed by atoms with E-state index in [1.54, 1.807) is 0 Å². The maximum Gasteiger partial charge on any atom is 0.222 e. The summed E-state index contributed by atoms with van der Waals surface area (Å²) in [6.07, 6.45) is 13.2. The molecule has 5 rings (SSSR count). The van der Waals surface area contributed by atoms with Crippen LogP contribution in [0.5, 0.6) is 0 Å². The van der Waals surface area contributed by atoms with E-state index >= 15 is 0 Å². The van der Waals surface area contributed by atoms with E-state index in [4.69, 9.17) is 5.41 Å². The van der Waals surface area contributed by atoms with Gasteiger partial charge in [0.15, 0.2) is 0 Å². The highest BCUT2D eigenvalue weighted by molar-refractivity contribution is 5.78. The van der Waals surface area contributed by atoms with Crippen molar-refractivity contribution in [2.75, 3.05) is 26.2 Å². The molecule has 0 aromatic carbocycles. The Bertz CT molecular complexity index is 807. The summed E-state index contributed by atoms with van der Waals surface area (Å²) >= 11 is 0. The number of aliphatic hydroxyl groups is 1. The number of fused-ring (bicyclic) bond motifs is 5. The Morgan fingerprint density at radius 2 is 1.60 bits per heavy atom. The molecule has 198 valence electrons. The summed E-state index contributed by atoms with van der Waals surface area (Å²) < 4.78 is 0. The molecule has 0 spiro atoms. The third kappa shape index (κ3) is 4.46. The number of aliphatic hydroxyl groups excluding tert-OH is 1. The SMILES string of the molecule is CC(=N)N1CCN(C(=O)CC[C@@H](C)[C@H]2CC[C@H]3[C@@H]4CC[C@H]5C[C@@H](O)CC[C@]5(C)[C@H]4CC[C@]23C)CC1. The molecular weight excluding hydrogens is 434 g/mol. The van der Waals surface area contributed by atoms with Crippen LogP contribution in [0.15, 0.2) is 0 Å². The minimum Gasteiger partial charge on any atom is -0.393 e. The Kier molecular flexibility index (Phi) is 7.04. The summed E-state index contributed by atoms with van der Waals surface area (Å²) in [6, 6.07) is 0. The van der Waals surface area contributed by atoms with Gasteiger partial charge in [0, 0.05) is 32.6 Å². The molecule has 1 amide bonds. The molecule has 0 unspecified atom stereocenters. The molecule has 0 aromatic heterocycles. The lowest BCUT2D eigenvalue weighted by Gasteiger charge is -2.61. The van der Waals surface area contributed by atoms with Crippen LogP contribution in [0.1, 0.15) is 98.3 Å². The minimum absolute atomic E-state index is 0.0538. The van der Waals surface area contributed by atoms with E-state index in [2.05, 4.69) is 25.7 Å². The number of hydrogen-bond donors (Lipinski definition) is 2. The van der Waals surface area contributed by atoms with E-state index in [1.165, 1.54) is 44.9 Å². The fourth-order valence-corrected chi connectivity index (χ4v) is 10.2. The second-order valence-electron chi connectivity index (χ2n) is 13.8. The van der Waals surface area contributed by atoms with Gasteiger partial charge in [0.25, 0.3) is 0 Å². The number of piperazine rings is 1. The van der Waals surface area contributed by atoms with Gasteiger partial charge in [-0.1, -0.05) is 20.8 Å². The largest absolute Gasteiger partial charge is 0.393 e. The van der Waals surface area contributed by atoms with Gasteiger partial charge >= 0.3 is 0 Å². The summed E-state index contributed by atoms with van der Waals surface area (Å²) in [6.45, 7) is 12.6. The van der Waals surface area contributed by atoms with Crippen LogP contribution < -0.4 is 0 Å². The molecule has 2 N–H and O–H groups in total. The van der Waals surface area contributed by atoms with Crippen LogP contribution in [0, 0.1) is 51.7 Å². The van der Waals surface area contributed by atoms with Crippen LogP contribution in [0.25, 0.3) is 0 Å². The highest BCUT2D eigenvalue weighted by atomic mass is 16.3. The van der Waals surface area contributed by atoms with E-state index < -0.39 is 0 Å². The molecule has 1 saturated heterocycles. The highest BCUT2D eigenvalue weighted by Crippen LogP contribution is 2.68. The van der Waals surface area contributed by atoms with E-state index in [9.17, 15) is 9.90 Å². The number of carbonyl (C=O) groups is 1. The van der Waals surface area contributed by atoms with Gasteiger partial charge in [0.2, 0.25) is 5.91 Å². The normalized spacial score (nSPS) is 44.3. The summed E-state index contributed by atoms with van der Waals surface area (Å²) in [5.74, 6) is 5.68. The average Bonchev–Trinajstić information content (AvgIpc) is 3.20. The van der Waals surface area contributed by atoms with Crippen molar-refractivity contribution in [1.82, 2.24) is 9.80 Å². The van der Waals surface area contributed by atoms with Crippen molar-refractivity contribution >= 4 is 11.7 Å². The lowest BCUT2D eigenvalue weighted by Crippen LogP contribution is -2.54. The lowest BCUT2D eigenvalue weighted by molar-refractivity contribution is -0.134. The van der Waals surface area contributed by atoms with Gasteiger partial charge in [0.05, 0.1) is 11.9 Å². The smallest absolute Gasteiger partial charge is 0.222 e. The predicted molar refractivity (Wildman–Crippen MR) is 141 cm³/mol. The van der Waals surface area contributed by atoms with Crippen LogP contribution in [-0.2, 0) is 4.79 Å². The monoisotopic (exact) mass is 485 g/mol. The number of amides is 1. The van der Waals surface area contributed by atoms with Crippen molar-refractivity contribution in [1.29, 1.82) is 5.41 Å². The van der Waals surface area contributed by atoms with Crippen molar-refractivity contribution in [3.8, 4) is 0 Å². The van der Waals surface area contributed by atoms with Gasteiger partial charge in [-0.05, 0) is 117 Å². The second-order valence-corrected chi connectivity index (χ2v) is 13.8. The zero-order valence-electron chi connectivity index (χ0n) is 22.9. The van der Waals surface area contributed by atoms with Crippen LogP contribution in [0.2, 0.25) is 0 Å². The van der Waals surface area contributed by atoms with Crippen LogP contribution >= 0.6 is 0 Å². The lowest BCUT2D eigenvalue weighted by atomic mass is 9.44. The Morgan fingerprint density at radius 3 is 2.31 bits per heavy atom. The molecule has 35 heavy (non-hydrogen) atoms. The molecule has 0 radical (unpaired) electrons. The highest BCUT2D eigenvalue weighted by Gasteiger charge is 2.60. The molecule has 4 aliphatic carbocycles. The third-order valence-corrected chi connectivity index (χ3v) is 12.3. The predicted octanol–water partition coefficient (Wildman–Crippen LogP) is 5.56. The van der Waals surface area contributed by atoms with Crippen molar-refractivity contribution in [3.63, 3.8) is 0 Å². The molecule has 5 fully saturated rings. The summed E-state index contributed by atoms with van der Waals surface area (Å²) in [4.78, 5) is 17.1. The van der Waals surface area contributed by atoms with Gasteiger partial charge in [-0.2, -0.15) is 0 Å². The first-order valence-corrected chi connectivity index (χ1v) is 14.9. The summed E-state index contributed by atoms with van der Waals surface area (Å²) in [5.41, 5.74) is 0.911. The van der Waals surface area contributed by atoms with Crippen molar-refractivity contribution in [2.45, 2.75) is 104 Å². The van der Waals surface area contributed by atoms with Gasteiger partial charge in [-0.25, -0.2) is 0 Å². The Hall–Kier alpha value is -1.10. The molecule has 5 heteroatoms. The number of amidine groups is 1. The molecule has 4 saturated carbocycles. The average molecular weight is 486 g/mol. The quantitative estimate of drug-likeness (QED) is 0.404. The van der Waals surface area contributed by atoms with Crippen molar-refractivity contribution in [3.05, 3.63) is 0 Å². The number of nitrogens with one attached hydrogen (secondary N) is 1. The zero-order chi connectivity index (χ0) is 25.0. The first-order valence-electron chi connectivity index (χ1n) is 14.9. The third-order valence-electron chi connectivity index (χ3n) is 12.3. The molecule has 5 aliphatic rings. The Morgan fingerprint density at radius 1 is 0.943 bits per heavy atom. The molecule has 1 heterocycles. The zero-order valence-corrected chi connectivity index (χ0v) is 22.9. The van der Waals surface area contributed by atoms with Crippen molar-refractivity contribution < 1.29 is 9.90 Å². The molecule has 1 aliphatic heterocycles. The second kappa shape index (κ2) is 9.65. The maximum absolute atomic E-state index is 13.0. The summed E-state index contributed by atoms with van der Waals surface area (Å²) in [5, 5.41) is 18.1. The van der Waals surface area contributed by atoms with Gasteiger partial charge in [0.1, 0.15) is 0 Å². The van der Waals surface area contributed by atoms with Crippen LogP contribution in [0.3, 0.4) is 0 Å². The Balaban J connectivity index is 1.18. The first-order chi connectivity index (χ1) is 16.6. The van der Waals surface area contributed by atoms with Gasteiger partial charge in [-0.3, -0.25) is 10.2 Å². The number of carbonyl (C=O) groups excluding carboxylic acids is 1. The van der Waals surface area contributed by atoms with E-state index in [1.807, 2.05) is 11.8 Å². The number of nitrogens with zero attached hydrogens (tertiary/aromatic N) is 2. The first kappa shape index (κ1) is 25.5. The molecule has 9 atom stereocenters. The van der Waals surface area contributed by atoms with Crippen LogP contribution in [-0.4, -0.2) is 58.9 Å². The number of rotatable bonds is 4. The fourth-order valence-electron chi connectivity index (χ4n) is 10.2. The molecule has 5 nitrogen and oxygen atoms in total. The fraction of sp³-hybridized carbons (Fsp3) is 0.933. The van der Waals surface area contributed by atoms with Crippen LogP contribution in [0.4, 0.5) is 0 Å².